The lowest BCUT2D eigenvalue weighted by molar-refractivity contribution is 0.0927. The van der Waals surface area contributed by atoms with Gasteiger partial charge in [-0.2, -0.15) is 0 Å². The second kappa shape index (κ2) is 6.47. The highest BCUT2D eigenvalue weighted by atomic mass is 32.2. The molecule has 2 rings (SSSR count). The molecule has 116 valence electrons. The minimum Gasteiger partial charge on any atom is -0.349 e. The van der Waals surface area contributed by atoms with Gasteiger partial charge in [0, 0.05) is 11.6 Å². The highest BCUT2D eigenvalue weighted by Gasteiger charge is 2.17. The van der Waals surface area contributed by atoms with Crippen LogP contribution in [0.15, 0.2) is 18.2 Å². The average molecular weight is 310 g/mol. The van der Waals surface area contributed by atoms with Crippen molar-refractivity contribution >= 4 is 21.6 Å². The van der Waals surface area contributed by atoms with Crippen LogP contribution in [0.2, 0.25) is 0 Å². The maximum absolute atomic E-state index is 12.2. The molecule has 1 aromatic rings. The van der Waals surface area contributed by atoms with Gasteiger partial charge in [-0.1, -0.05) is 19.3 Å². The summed E-state index contributed by atoms with van der Waals surface area (Å²) in [5, 5.41) is 3.05. The fraction of sp³-hybridized carbons (Fsp3) is 0.533. The molecule has 1 aromatic carbocycles. The lowest BCUT2D eigenvalue weighted by atomic mass is 9.95. The Balaban J connectivity index is 2.06. The van der Waals surface area contributed by atoms with Gasteiger partial charge in [-0.15, -0.1) is 0 Å². The quantitative estimate of drug-likeness (QED) is 0.897. The molecule has 0 unspecified atom stereocenters. The number of rotatable bonds is 4. The first kappa shape index (κ1) is 15.8. The van der Waals surface area contributed by atoms with Crippen molar-refractivity contribution in [3.63, 3.8) is 0 Å². The number of amides is 1. The van der Waals surface area contributed by atoms with E-state index in [4.69, 9.17) is 0 Å². The van der Waals surface area contributed by atoms with Crippen molar-refractivity contribution < 1.29 is 13.2 Å². The van der Waals surface area contributed by atoms with Crippen molar-refractivity contribution in [1.29, 1.82) is 0 Å². The monoisotopic (exact) mass is 310 g/mol. The van der Waals surface area contributed by atoms with E-state index in [1.807, 2.05) is 0 Å². The summed E-state index contributed by atoms with van der Waals surface area (Å²) in [6.45, 7) is 1.78. The maximum Gasteiger partial charge on any atom is 0.251 e. The van der Waals surface area contributed by atoms with E-state index in [0.717, 1.165) is 24.7 Å². The van der Waals surface area contributed by atoms with Crippen molar-refractivity contribution in [2.24, 2.45) is 0 Å². The van der Waals surface area contributed by atoms with Crippen molar-refractivity contribution in [3.05, 3.63) is 29.3 Å². The van der Waals surface area contributed by atoms with Gasteiger partial charge in [0.15, 0.2) is 0 Å². The SMILES string of the molecule is Cc1cc(C(=O)NC2CCCCC2)ccc1NS(C)(=O)=O. The molecular weight excluding hydrogens is 288 g/mol. The molecule has 0 aliphatic heterocycles. The number of aryl methyl sites for hydroxylation is 1. The Morgan fingerprint density at radius 2 is 1.86 bits per heavy atom. The normalized spacial score (nSPS) is 16.5. The van der Waals surface area contributed by atoms with Crippen LogP contribution in [0.25, 0.3) is 0 Å². The largest absolute Gasteiger partial charge is 0.349 e. The Morgan fingerprint density at radius 3 is 2.43 bits per heavy atom. The zero-order chi connectivity index (χ0) is 15.5. The van der Waals surface area contributed by atoms with Crippen LogP contribution in [0.1, 0.15) is 48.0 Å². The first-order chi connectivity index (χ1) is 9.85. The molecule has 0 spiro atoms. The van der Waals surface area contributed by atoms with Crippen LogP contribution in [0.5, 0.6) is 0 Å². The third-order valence-corrected chi connectivity index (χ3v) is 4.32. The third kappa shape index (κ3) is 4.74. The van der Waals surface area contributed by atoms with Gasteiger partial charge in [0.05, 0.1) is 11.9 Å². The zero-order valence-corrected chi connectivity index (χ0v) is 13.3. The smallest absolute Gasteiger partial charge is 0.251 e. The van der Waals surface area contributed by atoms with Crippen molar-refractivity contribution in [2.45, 2.75) is 45.1 Å². The number of sulfonamides is 1. The van der Waals surface area contributed by atoms with Gasteiger partial charge in [0.2, 0.25) is 10.0 Å². The van der Waals surface area contributed by atoms with Gasteiger partial charge < -0.3 is 5.32 Å². The summed E-state index contributed by atoms with van der Waals surface area (Å²) < 4.78 is 24.9. The number of hydrogen-bond donors (Lipinski definition) is 2. The molecule has 21 heavy (non-hydrogen) atoms. The Bertz CT molecular complexity index is 620. The van der Waals surface area contributed by atoms with Crippen LogP contribution < -0.4 is 10.0 Å². The molecule has 1 aliphatic rings. The Labute approximate surface area is 126 Å². The van der Waals surface area contributed by atoms with Gasteiger partial charge >= 0.3 is 0 Å². The molecular formula is C15H22N2O3S. The summed E-state index contributed by atoms with van der Waals surface area (Å²) in [6.07, 6.45) is 6.77. The van der Waals surface area contributed by atoms with Gasteiger partial charge in [0.25, 0.3) is 5.91 Å². The zero-order valence-electron chi connectivity index (χ0n) is 12.5. The van der Waals surface area contributed by atoms with Crippen LogP contribution in [-0.4, -0.2) is 26.6 Å². The fourth-order valence-electron chi connectivity index (χ4n) is 2.63. The van der Waals surface area contributed by atoms with Crippen LogP contribution in [0.4, 0.5) is 5.69 Å². The predicted molar refractivity (Wildman–Crippen MR) is 84.0 cm³/mol. The molecule has 6 heteroatoms. The lowest BCUT2D eigenvalue weighted by Crippen LogP contribution is -2.36. The van der Waals surface area contributed by atoms with E-state index < -0.39 is 10.0 Å². The van der Waals surface area contributed by atoms with Crippen molar-refractivity contribution in [1.82, 2.24) is 5.32 Å². The summed E-state index contributed by atoms with van der Waals surface area (Å²) in [4.78, 5) is 12.2. The topological polar surface area (TPSA) is 75.3 Å². The van der Waals surface area contributed by atoms with E-state index in [0.29, 0.717) is 11.3 Å². The highest BCUT2D eigenvalue weighted by molar-refractivity contribution is 7.92. The minimum absolute atomic E-state index is 0.0871. The van der Waals surface area contributed by atoms with E-state index in [2.05, 4.69) is 10.0 Å². The Morgan fingerprint density at radius 1 is 1.19 bits per heavy atom. The highest BCUT2D eigenvalue weighted by Crippen LogP contribution is 2.20. The maximum atomic E-state index is 12.2. The van der Waals surface area contributed by atoms with Crippen molar-refractivity contribution in [3.8, 4) is 0 Å². The second-order valence-corrected chi connectivity index (χ2v) is 7.46. The minimum atomic E-state index is -3.31. The van der Waals surface area contributed by atoms with Gasteiger partial charge in [-0.05, 0) is 43.5 Å². The first-order valence-electron chi connectivity index (χ1n) is 7.24. The van der Waals surface area contributed by atoms with E-state index in [1.165, 1.54) is 19.3 Å². The van der Waals surface area contributed by atoms with Crippen LogP contribution in [-0.2, 0) is 10.0 Å². The van der Waals surface area contributed by atoms with Gasteiger partial charge in [-0.3, -0.25) is 9.52 Å². The molecule has 0 aromatic heterocycles. The summed E-state index contributed by atoms with van der Waals surface area (Å²) in [7, 11) is -3.31. The summed E-state index contributed by atoms with van der Waals surface area (Å²) in [6, 6.07) is 5.26. The second-order valence-electron chi connectivity index (χ2n) is 5.71. The van der Waals surface area contributed by atoms with Crippen LogP contribution in [0, 0.1) is 6.92 Å². The molecule has 0 heterocycles. The van der Waals surface area contributed by atoms with Crippen LogP contribution >= 0.6 is 0 Å². The molecule has 0 atom stereocenters. The molecule has 1 fully saturated rings. The standard InChI is InChI=1S/C15H22N2O3S/c1-11-10-12(8-9-14(11)17-21(2,19)20)15(18)16-13-6-4-3-5-7-13/h8-10,13,17H,3-7H2,1-2H3,(H,16,18). The molecule has 1 saturated carbocycles. The van der Waals surface area contributed by atoms with E-state index >= 15 is 0 Å². The van der Waals surface area contributed by atoms with Crippen LogP contribution in [0.3, 0.4) is 0 Å². The molecule has 0 saturated heterocycles. The van der Waals surface area contributed by atoms with E-state index in [1.54, 1.807) is 25.1 Å². The number of benzene rings is 1. The molecule has 5 nitrogen and oxygen atoms in total. The summed E-state index contributed by atoms with van der Waals surface area (Å²) in [5.41, 5.74) is 1.81. The molecule has 2 N–H and O–H groups in total. The average Bonchev–Trinajstić information content (AvgIpc) is 2.40. The number of anilines is 1. The molecule has 1 amide bonds. The number of carbonyl (C=O) groups is 1. The lowest BCUT2D eigenvalue weighted by Gasteiger charge is -2.23. The fourth-order valence-corrected chi connectivity index (χ4v) is 3.26. The first-order valence-corrected chi connectivity index (χ1v) is 9.13. The Kier molecular flexibility index (Phi) is 4.88. The van der Waals surface area contributed by atoms with Crippen molar-refractivity contribution in [2.75, 3.05) is 11.0 Å². The van der Waals surface area contributed by atoms with E-state index in [-0.39, 0.29) is 11.9 Å². The predicted octanol–water partition coefficient (Wildman–Crippen LogP) is 2.43. The number of nitrogens with one attached hydrogen (secondary N) is 2. The van der Waals surface area contributed by atoms with Gasteiger partial charge in [-0.25, -0.2) is 8.42 Å². The Hall–Kier alpha value is -1.56. The molecule has 1 aliphatic carbocycles. The van der Waals surface area contributed by atoms with Gasteiger partial charge in [0.1, 0.15) is 0 Å². The summed E-state index contributed by atoms with van der Waals surface area (Å²) >= 11 is 0. The number of hydrogen-bond acceptors (Lipinski definition) is 3. The van der Waals surface area contributed by atoms with E-state index in [9.17, 15) is 13.2 Å². The number of carbonyl (C=O) groups excluding carboxylic acids is 1. The molecule has 0 bridgehead atoms. The summed E-state index contributed by atoms with van der Waals surface area (Å²) in [5.74, 6) is -0.0871. The third-order valence-electron chi connectivity index (χ3n) is 3.72. The molecule has 0 radical (unpaired) electrons.